The van der Waals surface area contributed by atoms with E-state index in [0.29, 0.717) is 0 Å². The highest BCUT2D eigenvalue weighted by Gasteiger charge is 2.34. The lowest BCUT2D eigenvalue weighted by Gasteiger charge is -2.15. The monoisotopic (exact) mass is 365 g/mol. The van der Waals surface area contributed by atoms with Crippen LogP contribution >= 0.6 is 11.6 Å². The third kappa shape index (κ3) is 3.89. The molecule has 0 bridgehead atoms. The summed E-state index contributed by atoms with van der Waals surface area (Å²) in [6.45, 7) is 0. The molecule has 0 aliphatic carbocycles. The van der Waals surface area contributed by atoms with Crippen molar-refractivity contribution in [2.75, 3.05) is 11.8 Å². The SMILES string of the molecule is COc1ccc(S(=O)(=O)Nc2ccccc2C(F)(F)F)cc1Cl. The van der Waals surface area contributed by atoms with E-state index in [4.69, 9.17) is 16.3 Å². The number of nitrogens with one attached hydrogen (secondary N) is 1. The molecular formula is C14H11ClF3NO3S. The molecular weight excluding hydrogens is 355 g/mol. The van der Waals surface area contributed by atoms with Gasteiger partial charge >= 0.3 is 6.18 Å². The third-order valence-corrected chi connectivity index (χ3v) is 4.57. The summed E-state index contributed by atoms with van der Waals surface area (Å²) in [6, 6.07) is 7.89. The number of anilines is 1. The molecule has 1 N–H and O–H groups in total. The van der Waals surface area contributed by atoms with E-state index in [2.05, 4.69) is 0 Å². The second-order valence-electron chi connectivity index (χ2n) is 4.45. The van der Waals surface area contributed by atoms with E-state index in [9.17, 15) is 21.6 Å². The van der Waals surface area contributed by atoms with Crippen LogP contribution in [0.4, 0.5) is 18.9 Å². The van der Waals surface area contributed by atoms with E-state index in [1.165, 1.54) is 31.4 Å². The number of ether oxygens (including phenoxy) is 1. The van der Waals surface area contributed by atoms with Crippen LogP contribution in [0.2, 0.25) is 5.02 Å². The van der Waals surface area contributed by atoms with Crippen LogP contribution in [0.15, 0.2) is 47.4 Å². The van der Waals surface area contributed by atoms with Gasteiger partial charge in [-0.05, 0) is 30.3 Å². The molecule has 4 nitrogen and oxygen atoms in total. The van der Waals surface area contributed by atoms with Crippen LogP contribution in [0.3, 0.4) is 0 Å². The Balaban J connectivity index is 2.42. The van der Waals surface area contributed by atoms with Gasteiger partial charge in [-0.2, -0.15) is 13.2 Å². The van der Waals surface area contributed by atoms with E-state index in [1.54, 1.807) is 0 Å². The normalized spacial score (nSPS) is 12.0. The molecule has 0 spiro atoms. The number of benzene rings is 2. The summed E-state index contributed by atoms with van der Waals surface area (Å²) in [6.07, 6.45) is -4.68. The molecule has 0 amide bonds. The zero-order valence-electron chi connectivity index (χ0n) is 11.7. The Morgan fingerprint density at radius 1 is 1.13 bits per heavy atom. The highest BCUT2D eigenvalue weighted by atomic mass is 35.5. The molecule has 0 aromatic heterocycles. The van der Waals surface area contributed by atoms with Crippen molar-refractivity contribution in [3.8, 4) is 5.75 Å². The first-order valence-electron chi connectivity index (χ1n) is 6.18. The van der Waals surface area contributed by atoms with Crippen LogP contribution in [0, 0.1) is 0 Å². The molecule has 0 saturated heterocycles. The number of hydrogen-bond acceptors (Lipinski definition) is 3. The minimum Gasteiger partial charge on any atom is -0.495 e. The van der Waals surface area contributed by atoms with Crippen molar-refractivity contribution < 1.29 is 26.3 Å². The lowest BCUT2D eigenvalue weighted by atomic mass is 10.2. The molecule has 0 atom stereocenters. The molecule has 0 fully saturated rings. The zero-order chi connectivity index (χ0) is 17.3. The van der Waals surface area contributed by atoms with E-state index in [-0.39, 0.29) is 15.7 Å². The number of hydrogen-bond donors (Lipinski definition) is 1. The molecule has 0 unspecified atom stereocenters. The average molecular weight is 366 g/mol. The van der Waals surface area contributed by atoms with Crippen molar-refractivity contribution in [3.05, 3.63) is 53.1 Å². The van der Waals surface area contributed by atoms with E-state index in [1.807, 2.05) is 4.72 Å². The molecule has 0 heterocycles. The van der Waals surface area contributed by atoms with Gasteiger partial charge in [0.1, 0.15) is 5.75 Å². The summed E-state index contributed by atoms with van der Waals surface area (Å²) < 4.78 is 70.1. The van der Waals surface area contributed by atoms with Crippen molar-refractivity contribution >= 4 is 27.3 Å². The molecule has 9 heteroatoms. The number of para-hydroxylation sites is 1. The first-order chi connectivity index (χ1) is 10.6. The molecule has 0 aliphatic heterocycles. The highest BCUT2D eigenvalue weighted by Crippen LogP contribution is 2.36. The Labute approximate surface area is 135 Å². The Morgan fingerprint density at radius 3 is 2.35 bits per heavy atom. The quantitative estimate of drug-likeness (QED) is 0.884. The second-order valence-corrected chi connectivity index (χ2v) is 6.53. The number of sulfonamides is 1. The topological polar surface area (TPSA) is 55.4 Å². The van der Waals surface area contributed by atoms with Crippen molar-refractivity contribution in [2.45, 2.75) is 11.1 Å². The fraction of sp³-hybridized carbons (Fsp3) is 0.143. The maximum absolute atomic E-state index is 12.9. The van der Waals surface area contributed by atoms with Crippen molar-refractivity contribution in [1.29, 1.82) is 0 Å². The van der Waals surface area contributed by atoms with Gasteiger partial charge in [0.2, 0.25) is 0 Å². The Bertz CT molecular complexity index is 822. The first-order valence-corrected chi connectivity index (χ1v) is 8.04. The average Bonchev–Trinajstić information content (AvgIpc) is 2.46. The lowest BCUT2D eigenvalue weighted by Crippen LogP contribution is -2.17. The van der Waals surface area contributed by atoms with Gasteiger partial charge in [0.15, 0.2) is 0 Å². The molecule has 2 rings (SSSR count). The minimum absolute atomic E-state index is 0.0273. The highest BCUT2D eigenvalue weighted by molar-refractivity contribution is 7.92. The molecule has 0 radical (unpaired) electrons. The molecule has 124 valence electrons. The van der Waals surface area contributed by atoms with Crippen LogP contribution in [-0.2, 0) is 16.2 Å². The van der Waals surface area contributed by atoms with Gasteiger partial charge in [-0.15, -0.1) is 0 Å². The molecule has 0 aliphatic rings. The predicted octanol–water partition coefficient (Wildman–Crippen LogP) is 4.17. The fourth-order valence-electron chi connectivity index (χ4n) is 1.84. The van der Waals surface area contributed by atoms with Crippen molar-refractivity contribution in [1.82, 2.24) is 0 Å². The van der Waals surface area contributed by atoms with Crippen LogP contribution in [0.5, 0.6) is 5.75 Å². The molecule has 0 saturated carbocycles. The van der Waals surface area contributed by atoms with Gasteiger partial charge in [-0.25, -0.2) is 8.42 Å². The lowest BCUT2D eigenvalue weighted by molar-refractivity contribution is -0.136. The zero-order valence-corrected chi connectivity index (χ0v) is 13.3. The van der Waals surface area contributed by atoms with Gasteiger partial charge in [0.05, 0.1) is 28.3 Å². The summed E-state index contributed by atoms with van der Waals surface area (Å²) in [7, 11) is -2.88. The molecule has 2 aromatic carbocycles. The van der Waals surface area contributed by atoms with Crippen LogP contribution < -0.4 is 9.46 Å². The standard InChI is InChI=1S/C14H11ClF3NO3S/c1-22-13-7-6-9(8-11(13)15)23(20,21)19-12-5-3-2-4-10(12)14(16,17)18/h2-8,19H,1H3. The minimum atomic E-state index is -4.68. The van der Waals surface area contributed by atoms with Gasteiger partial charge in [0.25, 0.3) is 10.0 Å². The van der Waals surface area contributed by atoms with Crippen molar-refractivity contribution in [3.63, 3.8) is 0 Å². The van der Waals surface area contributed by atoms with Gasteiger partial charge in [-0.1, -0.05) is 23.7 Å². The first kappa shape index (κ1) is 17.4. The third-order valence-electron chi connectivity index (χ3n) is 2.91. The summed E-state index contributed by atoms with van der Waals surface area (Å²) in [5.74, 6) is 0.251. The Morgan fingerprint density at radius 2 is 1.78 bits per heavy atom. The Hall–Kier alpha value is -1.93. The molecule has 23 heavy (non-hydrogen) atoms. The number of rotatable bonds is 4. The van der Waals surface area contributed by atoms with E-state index >= 15 is 0 Å². The smallest absolute Gasteiger partial charge is 0.418 e. The Kier molecular flexibility index (Phi) is 4.76. The van der Waals surface area contributed by atoms with Crippen molar-refractivity contribution in [2.24, 2.45) is 0 Å². The second kappa shape index (κ2) is 6.29. The summed E-state index contributed by atoms with van der Waals surface area (Å²) >= 11 is 5.85. The fourth-order valence-corrected chi connectivity index (χ4v) is 3.27. The molecule has 2 aromatic rings. The summed E-state index contributed by atoms with van der Waals surface area (Å²) in [4.78, 5) is -0.278. The van der Waals surface area contributed by atoms with Crippen LogP contribution in [0.1, 0.15) is 5.56 Å². The predicted molar refractivity (Wildman–Crippen MR) is 80.3 cm³/mol. The summed E-state index contributed by atoms with van der Waals surface area (Å²) in [5.41, 5.74) is -1.64. The maximum atomic E-state index is 12.9. The van der Waals surface area contributed by atoms with Crippen LogP contribution in [0.25, 0.3) is 0 Å². The van der Waals surface area contributed by atoms with Gasteiger partial charge in [-0.3, -0.25) is 4.72 Å². The van der Waals surface area contributed by atoms with Gasteiger partial charge < -0.3 is 4.74 Å². The maximum Gasteiger partial charge on any atom is 0.418 e. The van der Waals surface area contributed by atoms with Gasteiger partial charge in [0, 0.05) is 0 Å². The van der Waals surface area contributed by atoms with E-state index < -0.39 is 27.5 Å². The number of alkyl halides is 3. The number of methoxy groups -OCH3 is 1. The summed E-state index contributed by atoms with van der Waals surface area (Å²) in [5, 5.41) is 0.0273. The largest absolute Gasteiger partial charge is 0.495 e. The van der Waals surface area contributed by atoms with Crippen LogP contribution in [-0.4, -0.2) is 15.5 Å². The van der Waals surface area contributed by atoms with E-state index in [0.717, 1.165) is 18.2 Å². The number of halogens is 4.